The molecule has 1 aliphatic carbocycles. The van der Waals surface area contributed by atoms with Gasteiger partial charge in [-0.25, -0.2) is 14.7 Å². The van der Waals surface area contributed by atoms with Crippen molar-refractivity contribution in [3.63, 3.8) is 0 Å². The molecule has 2 saturated heterocycles. The molecule has 0 atom stereocenters. The molecule has 2 aromatic carbocycles. The SMILES string of the molecule is CC1(C)OB(c2ccc(Cc3nn(COCCS(C)(C)C)c(=O)c4ccccc34)cc2C(=O)N2CCN(C(=O)C3CC3)CC2)OC1(C)C. The first-order chi connectivity index (χ1) is 22.6. The number of benzene rings is 2. The highest BCUT2D eigenvalue weighted by Crippen LogP contribution is 2.37. The van der Waals surface area contributed by atoms with E-state index in [0.717, 1.165) is 35.2 Å². The first-order valence-corrected chi connectivity index (χ1v) is 20.0. The van der Waals surface area contributed by atoms with Crippen LogP contribution in [0.1, 0.15) is 62.2 Å². The van der Waals surface area contributed by atoms with Gasteiger partial charge >= 0.3 is 7.12 Å². The van der Waals surface area contributed by atoms with Gasteiger partial charge in [0.05, 0.1) is 28.9 Å². The summed E-state index contributed by atoms with van der Waals surface area (Å²) in [4.78, 5) is 44.1. The van der Waals surface area contributed by atoms with Gasteiger partial charge in [0.2, 0.25) is 5.91 Å². The van der Waals surface area contributed by atoms with Gasteiger partial charge in [0.25, 0.3) is 11.5 Å². The van der Waals surface area contributed by atoms with Crippen LogP contribution < -0.4 is 11.0 Å². The second-order valence-electron chi connectivity index (χ2n) is 15.2. The van der Waals surface area contributed by atoms with Crippen molar-refractivity contribution in [2.45, 2.75) is 64.9 Å². The van der Waals surface area contributed by atoms with E-state index < -0.39 is 28.3 Å². The van der Waals surface area contributed by atoms with E-state index in [-0.39, 0.29) is 30.0 Å². The molecule has 3 aromatic rings. The molecule has 1 saturated carbocycles. The molecule has 3 heterocycles. The molecule has 2 aliphatic heterocycles. The standard InChI is InChI=1S/C36H49BN4O6S/c1-35(2)36(3,4)47-37(46-35)30-15-12-25(22-29(30)33(43)40-18-16-39(17-19-40)32(42)26-13-14-26)23-31-27-10-8-9-11-28(27)34(44)41(38-31)24-45-20-21-48(5,6)7/h8-12,15,22,26H,13-14,16-21,23-24H2,1-7H3. The minimum absolute atomic E-state index is 0.0754. The van der Waals surface area contributed by atoms with Crippen LogP contribution in [0.25, 0.3) is 10.8 Å². The van der Waals surface area contributed by atoms with Crippen molar-refractivity contribution in [2.75, 3.05) is 57.3 Å². The van der Waals surface area contributed by atoms with Gasteiger partial charge in [-0.05, 0) is 82.5 Å². The van der Waals surface area contributed by atoms with Crippen molar-refractivity contribution in [3.05, 3.63) is 69.6 Å². The van der Waals surface area contributed by atoms with Crippen molar-refractivity contribution >= 4 is 45.2 Å². The van der Waals surface area contributed by atoms with E-state index in [4.69, 9.17) is 19.1 Å². The fraction of sp³-hybridized carbons (Fsp3) is 0.556. The third-order valence-corrected chi connectivity index (χ3v) is 11.4. The maximum Gasteiger partial charge on any atom is 0.495 e. The molecule has 0 radical (unpaired) electrons. The Hall–Kier alpha value is -3.19. The van der Waals surface area contributed by atoms with Gasteiger partial charge in [0.1, 0.15) is 6.73 Å². The van der Waals surface area contributed by atoms with Gasteiger partial charge in [-0.15, -0.1) is 0 Å². The van der Waals surface area contributed by atoms with Crippen LogP contribution in [0.3, 0.4) is 0 Å². The summed E-state index contributed by atoms with van der Waals surface area (Å²) < 4.78 is 20.1. The van der Waals surface area contributed by atoms with E-state index in [1.807, 2.05) is 80.0 Å². The summed E-state index contributed by atoms with van der Waals surface area (Å²) in [6.07, 6.45) is 9.05. The molecule has 258 valence electrons. The lowest BCUT2D eigenvalue weighted by atomic mass is 9.75. The monoisotopic (exact) mass is 676 g/mol. The molecule has 3 fully saturated rings. The van der Waals surface area contributed by atoms with Crippen molar-refractivity contribution in [1.29, 1.82) is 0 Å². The minimum Gasteiger partial charge on any atom is -0.399 e. The molecule has 0 bridgehead atoms. The second kappa shape index (κ2) is 13.3. The lowest BCUT2D eigenvalue weighted by molar-refractivity contribution is -0.134. The summed E-state index contributed by atoms with van der Waals surface area (Å²) in [7, 11) is -1.44. The molecule has 0 spiro atoms. The average molecular weight is 677 g/mol. The minimum atomic E-state index is -0.721. The van der Waals surface area contributed by atoms with E-state index in [1.54, 1.807) is 0 Å². The van der Waals surface area contributed by atoms with Gasteiger partial charge in [0, 0.05) is 55.2 Å². The van der Waals surface area contributed by atoms with Gasteiger partial charge in [-0.3, -0.25) is 14.4 Å². The lowest BCUT2D eigenvalue weighted by Gasteiger charge is -2.35. The number of hydrogen-bond acceptors (Lipinski definition) is 7. The number of carbonyl (C=O) groups excluding carboxylic acids is 2. The topological polar surface area (TPSA) is 103 Å². The molecule has 0 N–H and O–H groups in total. The zero-order valence-corrected chi connectivity index (χ0v) is 30.2. The van der Waals surface area contributed by atoms with E-state index in [1.165, 1.54) is 4.68 Å². The van der Waals surface area contributed by atoms with Gasteiger partial charge in [-0.1, -0.05) is 30.3 Å². The zero-order chi connectivity index (χ0) is 34.4. The maximum atomic E-state index is 14.3. The van der Waals surface area contributed by atoms with Gasteiger partial charge in [-0.2, -0.15) is 5.10 Å². The largest absolute Gasteiger partial charge is 0.495 e. The third-order valence-electron chi connectivity index (χ3n) is 10.0. The molecule has 48 heavy (non-hydrogen) atoms. The summed E-state index contributed by atoms with van der Waals surface area (Å²) in [6, 6.07) is 13.3. The molecule has 2 amide bonds. The smallest absolute Gasteiger partial charge is 0.399 e. The van der Waals surface area contributed by atoms with Crippen molar-refractivity contribution in [2.24, 2.45) is 5.92 Å². The summed E-state index contributed by atoms with van der Waals surface area (Å²) in [5.41, 5.74) is 1.46. The molecular formula is C36H49BN4O6S. The predicted molar refractivity (Wildman–Crippen MR) is 192 cm³/mol. The molecule has 10 nitrogen and oxygen atoms in total. The number of hydrogen-bond donors (Lipinski definition) is 0. The predicted octanol–water partition coefficient (Wildman–Crippen LogP) is 3.65. The van der Waals surface area contributed by atoms with E-state index in [9.17, 15) is 14.4 Å². The highest BCUT2D eigenvalue weighted by atomic mass is 32.3. The Balaban J connectivity index is 1.30. The number of rotatable bonds is 10. The number of amides is 2. The Bertz CT molecular complexity index is 1740. The number of nitrogens with zero attached hydrogens (tertiary/aromatic N) is 4. The molecular weight excluding hydrogens is 627 g/mol. The summed E-state index contributed by atoms with van der Waals surface area (Å²) in [5, 5.41) is 6.14. The first-order valence-electron chi connectivity index (χ1n) is 16.9. The van der Waals surface area contributed by atoms with Crippen LogP contribution in [0.2, 0.25) is 0 Å². The summed E-state index contributed by atoms with van der Waals surface area (Å²) >= 11 is 0. The van der Waals surface area contributed by atoms with Crippen LogP contribution in [-0.2, 0) is 32.0 Å². The molecule has 1 aromatic heterocycles. The van der Waals surface area contributed by atoms with Gasteiger partial charge in [0.15, 0.2) is 0 Å². The number of fused-ring (bicyclic) bond motifs is 1. The fourth-order valence-electron chi connectivity index (χ4n) is 6.14. The van der Waals surface area contributed by atoms with Crippen molar-refractivity contribution < 1.29 is 23.6 Å². The van der Waals surface area contributed by atoms with Crippen molar-refractivity contribution in [3.8, 4) is 0 Å². The van der Waals surface area contributed by atoms with Crippen LogP contribution >= 0.6 is 10.0 Å². The second-order valence-corrected chi connectivity index (χ2v) is 19.8. The molecule has 0 unspecified atom stereocenters. The number of ether oxygens (including phenoxy) is 1. The Morgan fingerprint density at radius 1 is 0.938 bits per heavy atom. The van der Waals surface area contributed by atoms with Crippen molar-refractivity contribution in [1.82, 2.24) is 19.6 Å². The quantitative estimate of drug-likeness (QED) is 0.239. The Morgan fingerprint density at radius 2 is 1.56 bits per heavy atom. The fourth-order valence-corrected chi connectivity index (χ4v) is 6.76. The highest BCUT2D eigenvalue weighted by Gasteiger charge is 2.52. The zero-order valence-electron chi connectivity index (χ0n) is 29.4. The highest BCUT2D eigenvalue weighted by molar-refractivity contribution is 8.32. The molecule has 6 rings (SSSR count). The third kappa shape index (κ3) is 7.37. The van der Waals surface area contributed by atoms with Crippen LogP contribution in [0.5, 0.6) is 0 Å². The first kappa shape index (κ1) is 34.7. The van der Waals surface area contributed by atoms with Crippen LogP contribution in [0.15, 0.2) is 47.3 Å². The Morgan fingerprint density at radius 3 is 2.19 bits per heavy atom. The summed E-state index contributed by atoms with van der Waals surface area (Å²) in [5.74, 6) is 1.20. The Labute approximate surface area is 285 Å². The van der Waals surface area contributed by atoms with Crippen LogP contribution in [-0.4, -0.2) is 107 Å². The van der Waals surface area contributed by atoms with E-state index in [2.05, 4.69) is 18.8 Å². The average Bonchev–Trinajstić information content (AvgIpc) is 3.86. The maximum absolute atomic E-state index is 14.3. The molecule has 12 heteroatoms. The van der Waals surface area contributed by atoms with Crippen LogP contribution in [0, 0.1) is 5.92 Å². The Kier molecular flexibility index (Phi) is 9.58. The number of carbonyl (C=O) groups is 2. The van der Waals surface area contributed by atoms with Gasteiger partial charge < -0.3 is 23.8 Å². The van der Waals surface area contributed by atoms with Crippen LogP contribution in [0.4, 0.5) is 0 Å². The lowest BCUT2D eigenvalue weighted by Crippen LogP contribution is -2.52. The number of aromatic nitrogens is 2. The number of piperazine rings is 1. The van der Waals surface area contributed by atoms with E-state index >= 15 is 0 Å². The summed E-state index contributed by atoms with van der Waals surface area (Å²) in [6.45, 7) is 10.6. The molecule has 3 aliphatic rings. The normalized spacial score (nSPS) is 19.6. The van der Waals surface area contributed by atoms with E-state index in [0.29, 0.717) is 55.6 Å².